The molecule has 1 aromatic carbocycles. The highest BCUT2D eigenvalue weighted by Gasteiger charge is 2.34. The minimum absolute atomic E-state index is 0.105. The molecule has 0 bridgehead atoms. The Labute approximate surface area is 178 Å². The van der Waals surface area contributed by atoms with Gasteiger partial charge in [0.05, 0.1) is 7.11 Å². The Kier molecular flexibility index (Phi) is 6.92. The van der Waals surface area contributed by atoms with E-state index in [4.69, 9.17) is 14.2 Å². The topological polar surface area (TPSA) is 67.0 Å². The van der Waals surface area contributed by atoms with Crippen LogP contribution in [0.25, 0.3) is 10.9 Å². The molecule has 1 aromatic heterocycles. The lowest BCUT2D eigenvalue weighted by Gasteiger charge is -2.44. The number of aromatic nitrogens is 1. The molecule has 1 amide bonds. The fourth-order valence-corrected chi connectivity index (χ4v) is 4.92. The van der Waals surface area contributed by atoms with Crippen LogP contribution in [0.4, 0.5) is 0 Å². The minimum Gasteiger partial charge on any atom is -0.497 e. The Morgan fingerprint density at radius 3 is 2.83 bits per heavy atom. The molecule has 0 aliphatic carbocycles. The first-order valence-electron chi connectivity index (χ1n) is 10.9. The second kappa shape index (κ2) is 9.81. The number of fused-ring (bicyclic) bond motifs is 1. The van der Waals surface area contributed by atoms with E-state index in [2.05, 4.69) is 33.1 Å². The molecule has 2 fully saturated rings. The lowest BCUT2D eigenvalue weighted by Crippen LogP contribution is -2.55. The van der Waals surface area contributed by atoms with Crippen molar-refractivity contribution >= 4 is 16.8 Å². The number of carbonyl (C=O) groups is 1. The van der Waals surface area contributed by atoms with Crippen molar-refractivity contribution in [2.75, 3.05) is 47.1 Å². The molecule has 1 N–H and O–H groups in total. The van der Waals surface area contributed by atoms with Crippen LogP contribution in [0.15, 0.2) is 24.4 Å². The zero-order chi connectivity index (χ0) is 20.9. The van der Waals surface area contributed by atoms with Gasteiger partial charge in [-0.3, -0.25) is 9.69 Å². The molecule has 2 aliphatic heterocycles. The van der Waals surface area contributed by atoms with Gasteiger partial charge in [0.15, 0.2) is 0 Å². The van der Waals surface area contributed by atoms with Crippen molar-refractivity contribution in [2.24, 2.45) is 0 Å². The molecule has 1 atom stereocenters. The number of amides is 1. The third-order valence-corrected chi connectivity index (χ3v) is 6.38. The van der Waals surface area contributed by atoms with E-state index in [1.165, 1.54) is 10.9 Å². The quantitative estimate of drug-likeness (QED) is 0.753. The molecule has 2 saturated heterocycles. The van der Waals surface area contributed by atoms with Crippen LogP contribution in [0.2, 0.25) is 0 Å². The number of carbonyl (C=O) groups excluding carboxylic acids is 1. The van der Waals surface area contributed by atoms with Crippen LogP contribution in [-0.4, -0.2) is 79.9 Å². The van der Waals surface area contributed by atoms with Crippen LogP contribution in [0, 0.1) is 0 Å². The molecule has 2 aromatic rings. The number of piperidine rings is 1. The number of H-pyrrole nitrogens is 1. The number of ether oxygens (including phenoxy) is 3. The van der Waals surface area contributed by atoms with Crippen molar-refractivity contribution in [1.82, 2.24) is 14.8 Å². The summed E-state index contributed by atoms with van der Waals surface area (Å²) in [5.41, 5.74) is 2.39. The van der Waals surface area contributed by atoms with E-state index in [1.807, 2.05) is 6.07 Å². The van der Waals surface area contributed by atoms with Crippen LogP contribution >= 0.6 is 0 Å². The number of hydrogen-bond donors (Lipinski definition) is 1. The summed E-state index contributed by atoms with van der Waals surface area (Å²) in [6.07, 6.45) is 6.06. The van der Waals surface area contributed by atoms with Gasteiger partial charge in [0.2, 0.25) is 5.91 Å². The first-order valence-corrected chi connectivity index (χ1v) is 10.9. The van der Waals surface area contributed by atoms with Crippen LogP contribution in [-0.2, 0) is 20.8 Å². The summed E-state index contributed by atoms with van der Waals surface area (Å²) in [6, 6.07) is 6.62. The molecular formula is C23H33N3O4. The first kappa shape index (κ1) is 21.2. The second-order valence-corrected chi connectivity index (χ2v) is 8.33. The van der Waals surface area contributed by atoms with Gasteiger partial charge in [-0.1, -0.05) is 0 Å². The molecule has 30 heavy (non-hydrogen) atoms. The number of hydrogen-bond acceptors (Lipinski definition) is 5. The van der Waals surface area contributed by atoms with Crippen molar-refractivity contribution in [3.8, 4) is 5.75 Å². The number of methoxy groups -OCH3 is 2. The normalized spacial score (nSPS) is 21.1. The van der Waals surface area contributed by atoms with Crippen molar-refractivity contribution in [1.29, 1.82) is 0 Å². The van der Waals surface area contributed by atoms with E-state index >= 15 is 0 Å². The highest BCUT2D eigenvalue weighted by molar-refractivity contribution is 5.84. The van der Waals surface area contributed by atoms with Gasteiger partial charge in [-0.25, -0.2) is 0 Å². The zero-order valence-electron chi connectivity index (χ0n) is 18.1. The van der Waals surface area contributed by atoms with E-state index in [0.29, 0.717) is 0 Å². The van der Waals surface area contributed by atoms with E-state index in [0.717, 1.165) is 69.8 Å². The van der Waals surface area contributed by atoms with Gasteiger partial charge in [0.1, 0.15) is 12.4 Å². The Morgan fingerprint density at radius 2 is 2.07 bits per heavy atom. The predicted molar refractivity (Wildman–Crippen MR) is 116 cm³/mol. The minimum atomic E-state index is 0.105. The SMILES string of the molecule is COCC(=O)N(C1CCOCC1)C1CCCN(Cc2c[nH]c3ccc(OC)cc23)C1. The van der Waals surface area contributed by atoms with Crippen LogP contribution < -0.4 is 4.74 Å². The highest BCUT2D eigenvalue weighted by atomic mass is 16.5. The summed E-state index contributed by atoms with van der Waals surface area (Å²) in [4.78, 5) is 20.9. The lowest BCUT2D eigenvalue weighted by molar-refractivity contribution is -0.144. The fraction of sp³-hybridized carbons (Fsp3) is 0.609. The van der Waals surface area contributed by atoms with Gasteiger partial charge in [-0.2, -0.15) is 0 Å². The molecule has 0 saturated carbocycles. The number of benzene rings is 1. The molecule has 7 heteroatoms. The van der Waals surface area contributed by atoms with Crippen molar-refractivity contribution in [3.05, 3.63) is 30.0 Å². The summed E-state index contributed by atoms with van der Waals surface area (Å²) < 4.78 is 16.1. The molecule has 0 radical (unpaired) electrons. The van der Waals surface area contributed by atoms with Gasteiger partial charge in [-0.05, 0) is 56.0 Å². The third kappa shape index (κ3) is 4.63. The second-order valence-electron chi connectivity index (χ2n) is 8.33. The van der Waals surface area contributed by atoms with E-state index in [-0.39, 0.29) is 24.6 Å². The number of rotatable bonds is 7. The molecule has 4 rings (SSSR count). The van der Waals surface area contributed by atoms with Crippen molar-refractivity contribution in [3.63, 3.8) is 0 Å². The molecule has 0 spiro atoms. The van der Waals surface area contributed by atoms with Crippen LogP contribution in [0.1, 0.15) is 31.2 Å². The molecular weight excluding hydrogens is 382 g/mol. The van der Waals surface area contributed by atoms with E-state index in [9.17, 15) is 4.79 Å². The molecule has 164 valence electrons. The van der Waals surface area contributed by atoms with Crippen molar-refractivity contribution < 1.29 is 19.0 Å². The maximum Gasteiger partial charge on any atom is 0.249 e. The Bertz CT molecular complexity index is 846. The largest absolute Gasteiger partial charge is 0.497 e. The number of nitrogens with zero attached hydrogens (tertiary/aromatic N) is 2. The van der Waals surface area contributed by atoms with E-state index in [1.54, 1.807) is 14.2 Å². The van der Waals surface area contributed by atoms with Gasteiger partial charge in [0, 0.05) is 62.6 Å². The van der Waals surface area contributed by atoms with Crippen LogP contribution in [0.3, 0.4) is 0 Å². The Hall–Kier alpha value is -2.09. The standard InChI is InChI=1S/C23H33N3O4/c1-28-16-23(27)26(18-7-10-30-11-8-18)19-4-3-9-25(15-19)14-17-13-24-22-6-5-20(29-2)12-21(17)22/h5-6,12-13,18-19,24H,3-4,7-11,14-16H2,1-2H3. The average molecular weight is 416 g/mol. The van der Waals surface area contributed by atoms with Crippen LogP contribution in [0.5, 0.6) is 5.75 Å². The van der Waals surface area contributed by atoms with E-state index < -0.39 is 0 Å². The smallest absolute Gasteiger partial charge is 0.249 e. The average Bonchev–Trinajstić information content (AvgIpc) is 3.17. The first-order chi connectivity index (χ1) is 14.7. The lowest BCUT2D eigenvalue weighted by atomic mass is 9.98. The van der Waals surface area contributed by atoms with Gasteiger partial charge in [-0.15, -0.1) is 0 Å². The maximum absolute atomic E-state index is 12.9. The van der Waals surface area contributed by atoms with Gasteiger partial charge < -0.3 is 24.1 Å². The summed E-state index contributed by atoms with van der Waals surface area (Å²) in [6.45, 7) is 4.42. The number of nitrogens with one attached hydrogen (secondary N) is 1. The molecule has 7 nitrogen and oxygen atoms in total. The predicted octanol–water partition coefficient (Wildman–Crippen LogP) is 2.79. The molecule has 3 heterocycles. The monoisotopic (exact) mass is 415 g/mol. The molecule has 1 unspecified atom stereocenters. The molecule has 2 aliphatic rings. The van der Waals surface area contributed by atoms with Gasteiger partial charge >= 0.3 is 0 Å². The maximum atomic E-state index is 12.9. The van der Waals surface area contributed by atoms with Crippen molar-refractivity contribution in [2.45, 2.75) is 44.3 Å². The Balaban J connectivity index is 1.49. The summed E-state index contributed by atoms with van der Waals surface area (Å²) in [5, 5.41) is 1.20. The third-order valence-electron chi connectivity index (χ3n) is 6.38. The highest BCUT2D eigenvalue weighted by Crippen LogP contribution is 2.28. The zero-order valence-corrected chi connectivity index (χ0v) is 18.1. The summed E-state index contributed by atoms with van der Waals surface area (Å²) >= 11 is 0. The Morgan fingerprint density at radius 1 is 1.23 bits per heavy atom. The summed E-state index contributed by atoms with van der Waals surface area (Å²) in [7, 11) is 3.29. The summed E-state index contributed by atoms with van der Waals surface area (Å²) in [5.74, 6) is 0.976. The fourth-order valence-electron chi connectivity index (χ4n) is 4.92. The number of likely N-dealkylation sites (tertiary alicyclic amines) is 1. The number of aromatic amines is 1. The van der Waals surface area contributed by atoms with Gasteiger partial charge in [0.25, 0.3) is 0 Å².